The van der Waals surface area contributed by atoms with Crippen LogP contribution in [0.25, 0.3) is 0 Å². The lowest BCUT2D eigenvalue weighted by Gasteiger charge is -2.32. The number of hydrogen-bond donors (Lipinski definition) is 0. The monoisotopic (exact) mass is 469 g/mol. The Morgan fingerprint density at radius 3 is 2.56 bits per heavy atom. The summed E-state index contributed by atoms with van der Waals surface area (Å²) >= 11 is 7.60. The zero-order valence-corrected chi connectivity index (χ0v) is 20.2. The SMILES string of the molecule is CSc1ncc(Cl)c(C(=O)N2CCC(c3nccn3Cc3ccc(C(C)C)cc3)CC2)n1. The number of thioether (sulfide) groups is 1. The zero-order chi connectivity index (χ0) is 22.7. The molecule has 8 heteroatoms. The Morgan fingerprint density at radius 1 is 1.19 bits per heavy atom. The molecule has 0 atom stereocenters. The minimum atomic E-state index is -0.125. The molecule has 3 aromatic rings. The molecule has 1 aromatic carbocycles. The highest BCUT2D eigenvalue weighted by Gasteiger charge is 2.28. The van der Waals surface area contributed by atoms with E-state index in [1.807, 2.05) is 23.5 Å². The largest absolute Gasteiger partial charge is 0.337 e. The number of benzene rings is 1. The number of carbonyl (C=O) groups is 1. The van der Waals surface area contributed by atoms with Crippen LogP contribution in [-0.2, 0) is 6.54 Å². The highest BCUT2D eigenvalue weighted by Crippen LogP contribution is 2.29. The molecule has 0 unspecified atom stereocenters. The summed E-state index contributed by atoms with van der Waals surface area (Å²) < 4.78 is 2.23. The van der Waals surface area contributed by atoms with Crippen molar-refractivity contribution < 1.29 is 4.79 Å². The van der Waals surface area contributed by atoms with Gasteiger partial charge in [0.2, 0.25) is 0 Å². The minimum absolute atomic E-state index is 0.125. The van der Waals surface area contributed by atoms with Crippen molar-refractivity contribution in [2.45, 2.75) is 50.2 Å². The van der Waals surface area contributed by atoms with Gasteiger partial charge in [0.25, 0.3) is 5.91 Å². The minimum Gasteiger partial charge on any atom is -0.337 e. The van der Waals surface area contributed by atoms with Crippen molar-refractivity contribution in [1.29, 1.82) is 0 Å². The van der Waals surface area contributed by atoms with Crippen LogP contribution >= 0.6 is 23.4 Å². The van der Waals surface area contributed by atoms with Gasteiger partial charge in [-0.3, -0.25) is 4.79 Å². The van der Waals surface area contributed by atoms with Gasteiger partial charge in [-0.15, -0.1) is 0 Å². The molecule has 1 aliphatic rings. The van der Waals surface area contributed by atoms with E-state index < -0.39 is 0 Å². The summed E-state index contributed by atoms with van der Waals surface area (Å²) in [5, 5.41) is 0.852. The molecule has 3 heterocycles. The third-order valence-electron chi connectivity index (χ3n) is 6.00. The lowest BCUT2D eigenvalue weighted by molar-refractivity contribution is 0.0703. The van der Waals surface area contributed by atoms with Gasteiger partial charge < -0.3 is 9.47 Å². The fourth-order valence-electron chi connectivity index (χ4n) is 4.11. The molecular weight excluding hydrogens is 442 g/mol. The van der Waals surface area contributed by atoms with E-state index in [0.717, 1.165) is 25.2 Å². The van der Waals surface area contributed by atoms with Gasteiger partial charge in [-0.2, -0.15) is 0 Å². The van der Waals surface area contributed by atoms with Crippen molar-refractivity contribution >= 4 is 29.3 Å². The van der Waals surface area contributed by atoms with Gasteiger partial charge in [0.1, 0.15) is 5.82 Å². The van der Waals surface area contributed by atoms with Crippen LogP contribution in [0.3, 0.4) is 0 Å². The van der Waals surface area contributed by atoms with E-state index in [4.69, 9.17) is 11.6 Å². The number of imidazole rings is 1. The van der Waals surface area contributed by atoms with Crippen LogP contribution < -0.4 is 0 Å². The van der Waals surface area contributed by atoms with Gasteiger partial charge >= 0.3 is 0 Å². The maximum atomic E-state index is 13.0. The van der Waals surface area contributed by atoms with Crippen molar-refractivity contribution in [3.05, 3.63) is 70.5 Å². The summed E-state index contributed by atoms with van der Waals surface area (Å²) in [6.07, 6.45) is 9.04. The molecule has 0 saturated carbocycles. The van der Waals surface area contributed by atoms with Crippen LogP contribution in [0.4, 0.5) is 0 Å². The van der Waals surface area contributed by atoms with Gasteiger partial charge in [0, 0.05) is 37.9 Å². The van der Waals surface area contributed by atoms with E-state index in [1.165, 1.54) is 29.1 Å². The molecule has 4 rings (SSSR count). The first kappa shape index (κ1) is 22.8. The number of likely N-dealkylation sites (tertiary alicyclic amines) is 1. The second-order valence-electron chi connectivity index (χ2n) is 8.43. The maximum absolute atomic E-state index is 13.0. The highest BCUT2D eigenvalue weighted by atomic mass is 35.5. The summed E-state index contributed by atoms with van der Waals surface area (Å²) in [5.74, 6) is 1.83. The molecule has 0 N–H and O–H groups in total. The second-order valence-corrected chi connectivity index (χ2v) is 9.61. The third-order valence-corrected chi connectivity index (χ3v) is 6.84. The van der Waals surface area contributed by atoms with Crippen LogP contribution in [0.15, 0.2) is 48.0 Å². The lowest BCUT2D eigenvalue weighted by atomic mass is 9.95. The molecule has 0 spiro atoms. The van der Waals surface area contributed by atoms with Crippen LogP contribution in [0, 0.1) is 0 Å². The van der Waals surface area contributed by atoms with Crippen molar-refractivity contribution in [3.8, 4) is 0 Å². The van der Waals surface area contributed by atoms with E-state index in [9.17, 15) is 4.79 Å². The first-order valence-electron chi connectivity index (χ1n) is 10.9. The van der Waals surface area contributed by atoms with Gasteiger partial charge in [-0.05, 0) is 36.1 Å². The van der Waals surface area contributed by atoms with Crippen LogP contribution in [0.2, 0.25) is 5.02 Å². The smallest absolute Gasteiger partial charge is 0.274 e. The molecular formula is C24H28ClN5OS. The molecule has 1 aliphatic heterocycles. The van der Waals surface area contributed by atoms with E-state index >= 15 is 0 Å². The topological polar surface area (TPSA) is 63.9 Å². The second kappa shape index (κ2) is 10.0. The van der Waals surface area contributed by atoms with Gasteiger partial charge in [0.15, 0.2) is 10.9 Å². The first-order chi connectivity index (χ1) is 15.5. The Balaban J connectivity index is 1.41. The van der Waals surface area contributed by atoms with Crippen LogP contribution in [-0.4, -0.2) is 49.7 Å². The predicted octanol–water partition coefficient (Wildman–Crippen LogP) is 5.24. The predicted molar refractivity (Wildman–Crippen MR) is 129 cm³/mol. The van der Waals surface area contributed by atoms with Crippen LogP contribution in [0.1, 0.15) is 66.0 Å². The Hall–Kier alpha value is -2.38. The molecule has 0 radical (unpaired) electrons. The Labute approximate surface area is 198 Å². The molecule has 32 heavy (non-hydrogen) atoms. The van der Waals surface area contributed by atoms with Crippen molar-refractivity contribution in [2.24, 2.45) is 0 Å². The number of piperidine rings is 1. The van der Waals surface area contributed by atoms with E-state index in [-0.39, 0.29) is 11.6 Å². The summed E-state index contributed by atoms with van der Waals surface area (Å²) in [7, 11) is 0. The summed E-state index contributed by atoms with van der Waals surface area (Å²) in [6, 6.07) is 8.83. The molecule has 1 amide bonds. The molecule has 0 aliphatic carbocycles. The quantitative estimate of drug-likeness (QED) is 0.365. The number of carbonyl (C=O) groups excluding carboxylic acids is 1. The Kier molecular flexibility index (Phi) is 7.16. The van der Waals surface area contributed by atoms with E-state index in [0.29, 0.717) is 35.1 Å². The highest BCUT2D eigenvalue weighted by molar-refractivity contribution is 7.98. The lowest BCUT2D eigenvalue weighted by Crippen LogP contribution is -2.39. The molecule has 0 bridgehead atoms. The maximum Gasteiger partial charge on any atom is 0.274 e. The standard InChI is InChI=1S/C24H28ClN5OS/c1-16(2)18-6-4-17(5-7-18)15-30-13-10-26-22(30)19-8-11-29(12-9-19)23(31)21-20(25)14-27-24(28-21)32-3/h4-7,10,13-14,16,19H,8-9,11-12,15H2,1-3H3. The van der Waals surface area contributed by atoms with Gasteiger partial charge in [0.05, 0.1) is 11.2 Å². The number of aromatic nitrogens is 4. The Bertz CT molecular complexity index is 1070. The molecule has 2 aromatic heterocycles. The molecule has 1 fully saturated rings. The number of rotatable bonds is 6. The van der Waals surface area contributed by atoms with Gasteiger partial charge in [-0.25, -0.2) is 15.0 Å². The van der Waals surface area contributed by atoms with Crippen LogP contribution in [0.5, 0.6) is 0 Å². The number of amides is 1. The summed E-state index contributed by atoms with van der Waals surface area (Å²) in [6.45, 7) is 6.55. The average molecular weight is 470 g/mol. The normalized spacial score (nSPS) is 14.8. The number of nitrogens with zero attached hydrogens (tertiary/aromatic N) is 5. The number of hydrogen-bond acceptors (Lipinski definition) is 5. The fraction of sp³-hybridized carbons (Fsp3) is 0.417. The third kappa shape index (κ3) is 4.99. The summed E-state index contributed by atoms with van der Waals surface area (Å²) in [4.78, 5) is 27.9. The van der Waals surface area contributed by atoms with Gasteiger partial charge in [-0.1, -0.05) is 61.5 Å². The van der Waals surface area contributed by atoms with Crippen molar-refractivity contribution in [3.63, 3.8) is 0 Å². The Morgan fingerprint density at radius 2 is 1.91 bits per heavy atom. The molecule has 168 valence electrons. The fourth-order valence-corrected chi connectivity index (χ4v) is 4.62. The average Bonchev–Trinajstić information content (AvgIpc) is 3.27. The molecule has 6 nitrogen and oxygen atoms in total. The van der Waals surface area contributed by atoms with Crippen molar-refractivity contribution in [1.82, 2.24) is 24.4 Å². The zero-order valence-electron chi connectivity index (χ0n) is 18.7. The number of halogens is 1. The first-order valence-corrected chi connectivity index (χ1v) is 12.5. The van der Waals surface area contributed by atoms with E-state index in [2.05, 4.69) is 57.6 Å². The van der Waals surface area contributed by atoms with Crippen molar-refractivity contribution in [2.75, 3.05) is 19.3 Å². The van der Waals surface area contributed by atoms with E-state index in [1.54, 1.807) is 0 Å². The molecule has 1 saturated heterocycles. The summed E-state index contributed by atoms with van der Waals surface area (Å²) in [5.41, 5.74) is 2.91.